The summed E-state index contributed by atoms with van der Waals surface area (Å²) in [4.78, 5) is 15.9. The molecule has 7 heteroatoms. The van der Waals surface area contributed by atoms with Gasteiger partial charge >= 0.3 is 0 Å². The van der Waals surface area contributed by atoms with Crippen LogP contribution in [-0.4, -0.2) is 30.1 Å². The number of hydrogen-bond donors (Lipinski definition) is 2. The van der Waals surface area contributed by atoms with Gasteiger partial charge in [0.15, 0.2) is 5.65 Å². The third-order valence-electron chi connectivity index (χ3n) is 2.22. The first-order valence-electron chi connectivity index (χ1n) is 4.57. The van der Waals surface area contributed by atoms with Gasteiger partial charge in [0, 0.05) is 6.20 Å². The SMILES string of the molecule is Nc1ncnc2n[nH]c(-c3ccncn3)c12. The van der Waals surface area contributed by atoms with Crippen molar-refractivity contribution in [1.82, 2.24) is 30.1 Å². The number of aromatic nitrogens is 6. The van der Waals surface area contributed by atoms with Gasteiger partial charge in [0.05, 0.1) is 16.8 Å². The van der Waals surface area contributed by atoms with Crippen LogP contribution in [0.1, 0.15) is 0 Å². The van der Waals surface area contributed by atoms with E-state index >= 15 is 0 Å². The van der Waals surface area contributed by atoms with Crippen molar-refractivity contribution in [3.8, 4) is 11.4 Å². The zero-order chi connectivity index (χ0) is 11.0. The summed E-state index contributed by atoms with van der Waals surface area (Å²) in [5.74, 6) is 0.382. The largest absolute Gasteiger partial charge is 0.383 e. The van der Waals surface area contributed by atoms with Crippen LogP contribution in [0.3, 0.4) is 0 Å². The van der Waals surface area contributed by atoms with Crippen LogP contribution in [-0.2, 0) is 0 Å². The number of fused-ring (bicyclic) bond motifs is 1. The van der Waals surface area contributed by atoms with Crippen molar-refractivity contribution in [1.29, 1.82) is 0 Å². The predicted molar refractivity (Wildman–Crippen MR) is 57.1 cm³/mol. The number of anilines is 1. The van der Waals surface area contributed by atoms with E-state index in [-0.39, 0.29) is 0 Å². The van der Waals surface area contributed by atoms with Crippen molar-refractivity contribution in [2.45, 2.75) is 0 Å². The van der Waals surface area contributed by atoms with E-state index in [4.69, 9.17) is 5.73 Å². The molecule has 0 aliphatic heterocycles. The molecule has 0 saturated heterocycles. The van der Waals surface area contributed by atoms with Crippen molar-refractivity contribution in [2.24, 2.45) is 0 Å². The average molecular weight is 213 g/mol. The molecule has 0 bridgehead atoms. The van der Waals surface area contributed by atoms with Gasteiger partial charge < -0.3 is 5.73 Å². The quantitative estimate of drug-likeness (QED) is 0.605. The summed E-state index contributed by atoms with van der Waals surface area (Å²) in [5.41, 5.74) is 7.72. The van der Waals surface area contributed by atoms with Crippen LogP contribution in [0.25, 0.3) is 22.4 Å². The number of nitrogen functional groups attached to an aromatic ring is 1. The number of nitrogens with two attached hydrogens (primary N) is 1. The van der Waals surface area contributed by atoms with E-state index in [2.05, 4.69) is 30.1 Å². The number of hydrogen-bond acceptors (Lipinski definition) is 6. The molecular formula is C9H7N7. The van der Waals surface area contributed by atoms with Crippen LogP contribution in [0.4, 0.5) is 5.82 Å². The first kappa shape index (κ1) is 8.72. The second-order valence-electron chi connectivity index (χ2n) is 3.15. The molecule has 3 rings (SSSR count). The lowest BCUT2D eigenvalue weighted by atomic mass is 10.2. The zero-order valence-electron chi connectivity index (χ0n) is 8.12. The Morgan fingerprint density at radius 2 is 2.06 bits per heavy atom. The first-order valence-corrected chi connectivity index (χ1v) is 4.57. The fraction of sp³-hybridized carbons (Fsp3) is 0. The molecule has 3 aromatic rings. The molecule has 0 aliphatic carbocycles. The fourth-order valence-electron chi connectivity index (χ4n) is 1.50. The number of rotatable bonds is 1. The molecule has 0 aromatic carbocycles. The van der Waals surface area contributed by atoms with Gasteiger partial charge in [0.2, 0.25) is 0 Å². The highest BCUT2D eigenvalue weighted by atomic mass is 15.2. The van der Waals surface area contributed by atoms with E-state index in [1.165, 1.54) is 12.7 Å². The summed E-state index contributed by atoms with van der Waals surface area (Å²) in [6, 6.07) is 1.76. The van der Waals surface area contributed by atoms with Gasteiger partial charge in [-0.3, -0.25) is 5.10 Å². The lowest BCUT2D eigenvalue weighted by Gasteiger charge is -1.97. The van der Waals surface area contributed by atoms with Crippen LogP contribution in [0, 0.1) is 0 Å². The second-order valence-corrected chi connectivity index (χ2v) is 3.15. The van der Waals surface area contributed by atoms with Crippen LogP contribution in [0.15, 0.2) is 24.9 Å². The standard InChI is InChI=1S/C9H7N7/c10-8-6-7(5-1-2-11-3-12-5)15-16-9(6)14-4-13-8/h1-4H,(H3,10,13,14,15,16). The molecule has 0 aliphatic rings. The molecule has 78 valence electrons. The number of H-pyrrole nitrogens is 1. The van der Waals surface area contributed by atoms with Crippen molar-refractivity contribution >= 4 is 16.9 Å². The van der Waals surface area contributed by atoms with Gasteiger partial charge in [-0.1, -0.05) is 0 Å². The molecule has 0 unspecified atom stereocenters. The highest BCUT2D eigenvalue weighted by Gasteiger charge is 2.12. The summed E-state index contributed by atoms with van der Waals surface area (Å²) in [6.45, 7) is 0. The van der Waals surface area contributed by atoms with Crippen molar-refractivity contribution in [2.75, 3.05) is 5.73 Å². The van der Waals surface area contributed by atoms with Gasteiger partial charge in [0.25, 0.3) is 0 Å². The molecule has 3 N–H and O–H groups in total. The van der Waals surface area contributed by atoms with Gasteiger partial charge in [-0.15, -0.1) is 0 Å². The monoisotopic (exact) mass is 213 g/mol. The Morgan fingerprint density at radius 1 is 1.12 bits per heavy atom. The zero-order valence-corrected chi connectivity index (χ0v) is 8.12. The lowest BCUT2D eigenvalue weighted by molar-refractivity contribution is 1.08. The number of nitrogens with zero attached hydrogens (tertiary/aromatic N) is 5. The molecule has 16 heavy (non-hydrogen) atoms. The third kappa shape index (κ3) is 1.18. The van der Waals surface area contributed by atoms with Gasteiger partial charge in [-0.05, 0) is 6.07 Å². The molecule has 0 atom stereocenters. The summed E-state index contributed by atoms with van der Waals surface area (Å²) in [5, 5.41) is 7.57. The van der Waals surface area contributed by atoms with Crippen LogP contribution in [0.2, 0.25) is 0 Å². The Balaban J connectivity index is 2.33. The van der Waals surface area contributed by atoms with Crippen LogP contribution >= 0.6 is 0 Å². The Hall–Kier alpha value is -2.57. The van der Waals surface area contributed by atoms with Gasteiger partial charge in [-0.25, -0.2) is 19.9 Å². The molecule has 3 aromatic heterocycles. The van der Waals surface area contributed by atoms with E-state index in [9.17, 15) is 0 Å². The lowest BCUT2D eigenvalue weighted by Crippen LogP contribution is -1.93. The number of nitrogens with one attached hydrogen (secondary N) is 1. The maximum absolute atomic E-state index is 5.78. The summed E-state index contributed by atoms with van der Waals surface area (Å²) in [7, 11) is 0. The number of aromatic amines is 1. The smallest absolute Gasteiger partial charge is 0.186 e. The molecule has 0 spiro atoms. The molecule has 3 heterocycles. The van der Waals surface area contributed by atoms with Crippen molar-refractivity contribution in [3.05, 3.63) is 24.9 Å². The fourth-order valence-corrected chi connectivity index (χ4v) is 1.50. The molecule has 0 saturated carbocycles. The normalized spacial score (nSPS) is 10.8. The van der Waals surface area contributed by atoms with Crippen LogP contribution in [0.5, 0.6) is 0 Å². The molecule has 0 radical (unpaired) electrons. The van der Waals surface area contributed by atoms with Gasteiger partial charge in [-0.2, -0.15) is 5.10 Å². The predicted octanol–water partition coefficient (Wildman–Crippen LogP) is 0.392. The summed E-state index contributed by atoms with van der Waals surface area (Å²) in [6.07, 6.45) is 4.49. The Morgan fingerprint density at radius 3 is 2.88 bits per heavy atom. The third-order valence-corrected chi connectivity index (χ3v) is 2.22. The molecule has 0 fully saturated rings. The van der Waals surface area contributed by atoms with Crippen LogP contribution < -0.4 is 5.73 Å². The summed E-state index contributed by atoms with van der Waals surface area (Å²) >= 11 is 0. The van der Waals surface area contributed by atoms with E-state index in [0.29, 0.717) is 28.2 Å². The minimum atomic E-state index is 0.382. The first-order chi connectivity index (χ1) is 7.86. The Labute approximate surface area is 89.8 Å². The molecule has 7 nitrogen and oxygen atoms in total. The second kappa shape index (κ2) is 3.23. The Kier molecular flexibility index (Phi) is 1.76. The average Bonchev–Trinajstić information content (AvgIpc) is 2.75. The van der Waals surface area contributed by atoms with E-state index in [0.717, 1.165) is 0 Å². The van der Waals surface area contributed by atoms with E-state index in [1.54, 1.807) is 12.3 Å². The maximum atomic E-state index is 5.78. The molecular weight excluding hydrogens is 206 g/mol. The minimum absolute atomic E-state index is 0.382. The minimum Gasteiger partial charge on any atom is -0.383 e. The highest BCUT2D eigenvalue weighted by molar-refractivity contribution is 5.96. The van der Waals surface area contributed by atoms with Gasteiger partial charge in [0.1, 0.15) is 18.5 Å². The molecule has 0 amide bonds. The van der Waals surface area contributed by atoms with Crippen molar-refractivity contribution < 1.29 is 0 Å². The summed E-state index contributed by atoms with van der Waals surface area (Å²) < 4.78 is 0. The van der Waals surface area contributed by atoms with E-state index in [1.807, 2.05) is 0 Å². The van der Waals surface area contributed by atoms with E-state index < -0.39 is 0 Å². The van der Waals surface area contributed by atoms with Crippen molar-refractivity contribution in [3.63, 3.8) is 0 Å². The maximum Gasteiger partial charge on any atom is 0.186 e. The Bertz CT molecular complexity index is 631. The topological polar surface area (TPSA) is 106 Å². The highest BCUT2D eigenvalue weighted by Crippen LogP contribution is 2.25.